The highest BCUT2D eigenvalue weighted by Crippen LogP contribution is 2.45. The second kappa shape index (κ2) is 4.17. The van der Waals surface area contributed by atoms with Crippen molar-refractivity contribution in [3.63, 3.8) is 0 Å². The zero-order valence-corrected chi connectivity index (χ0v) is 9.25. The molecule has 0 bridgehead atoms. The molecule has 0 saturated carbocycles. The van der Waals surface area contributed by atoms with Gasteiger partial charge in [0.1, 0.15) is 0 Å². The largest absolute Gasteiger partial charge is 0.493 e. The molecule has 2 rings (SSSR count). The van der Waals surface area contributed by atoms with E-state index in [2.05, 4.69) is 0 Å². The van der Waals surface area contributed by atoms with Crippen LogP contribution in [0.1, 0.15) is 18.4 Å². The van der Waals surface area contributed by atoms with Gasteiger partial charge in [-0.3, -0.25) is 0 Å². The Balaban J connectivity index is 2.61. The number of fused-ring (bicyclic) bond motifs is 1. The van der Waals surface area contributed by atoms with Gasteiger partial charge in [0.05, 0.1) is 7.11 Å². The van der Waals surface area contributed by atoms with Crippen LogP contribution in [0.4, 0.5) is 4.39 Å². The number of rotatable bonds is 3. The first-order chi connectivity index (χ1) is 7.69. The van der Waals surface area contributed by atoms with Gasteiger partial charge in [-0.15, -0.1) is 0 Å². The Morgan fingerprint density at radius 3 is 2.94 bits per heavy atom. The average molecular weight is 227 g/mol. The number of hydrogen-bond acceptors (Lipinski definition) is 4. The van der Waals surface area contributed by atoms with Crippen molar-refractivity contribution in [3.05, 3.63) is 17.4 Å². The summed E-state index contributed by atoms with van der Waals surface area (Å²) in [6.07, 6.45) is 0. The Morgan fingerprint density at radius 2 is 2.31 bits per heavy atom. The van der Waals surface area contributed by atoms with E-state index in [4.69, 9.17) is 19.9 Å². The van der Waals surface area contributed by atoms with Crippen molar-refractivity contribution in [3.8, 4) is 17.2 Å². The molecule has 1 aromatic rings. The van der Waals surface area contributed by atoms with Crippen LogP contribution in [0.15, 0.2) is 6.07 Å². The molecule has 0 radical (unpaired) electrons. The van der Waals surface area contributed by atoms with E-state index in [-0.39, 0.29) is 18.5 Å². The topological polar surface area (TPSA) is 53.7 Å². The molecule has 4 nitrogen and oxygen atoms in total. The molecule has 0 aliphatic carbocycles. The highest BCUT2D eigenvalue weighted by molar-refractivity contribution is 5.57. The standard InChI is InChI=1S/C11H14FNO3/c1-6(4-13)9-10(14-2)7(12)3-8-11(9)16-5-15-8/h3,6H,4-5,13H2,1-2H3. The molecular weight excluding hydrogens is 213 g/mol. The van der Waals surface area contributed by atoms with Crippen LogP contribution in [-0.2, 0) is 0 Å². The van der Waals surface area contributed by atoms with Gasteiger partial charge < -0.3 is 19.9 Å². The predicted molar refractivity (Wildman–Crippen MR) is 56.5 cm³/mol. The maximum atomic E-state index is 13.7. The van der Waals surface area contributed by atoms with Gasteiger partial charge in [0.2, 0.25) is 6.79 Å². The van der Waals surface area contributed by atoms with E-state index < -0.39 is 5.82 Å². The van der Waals surface area contributed by atoms with Crippen molar-refractivity contribution >= 4 is 0 Å². The van der Waals surface area contributed by atoms with E-state index >= 15 is 0 Å². The summed E-state index contributed by atoms with van der Waals surface area (Å²) in [5.74, 6) is 0.621. The van der Waals surface area contributed by atoms with Gasteiger partial charge in [-0.25, -0.2) is 4.39 Å². The summed E-state index contributed by atoms with van der Waals surface area (Å²) in [5.41, 5.74) is 6.23. The van der Waals surface area contributed by atoms with Gasteiger partial charge in [-0.2, -0.15) is 0 Å². The van der Waals surface area contributed by atoms with Crippen molar-refractivity contribution in [1.82, 2.24) is 0 Å². The first-order valence-corrected chi connectivity index (χ1v) is 5.05. The molecule has 1 atom stereocenters. The fourth-order valence-corrected chi connectivity index (χ4v) is 1.79. The molecule has 0 spiro atoms. The van der Waals surface area contributed by atoms with Crippen molar-refractivity contribution in [2.45, 2.75) is 12.8 Å². The van der Waals surface area contributed by atoms with Gasteiger partial charge >= 0.3 is 0 Å². The third kappa shape index (κ3) is 1.57. The number of ether oxygens (including phenoxy) is 3. The second-order valence-corrected chi connectivity index (χ2v) is 3.68. The number of benzene rings is 1. The van der Waals surface area contributed by atoms with Gasteiger partial charge in [0, 0.05) is 17.5 Å². The minimum absolute atomic E-state index is 0.0545. The minimum Gasteiger partial charge on any atom is -0.493 e. The highest BCUT2D eigenvalue weighted by atomic mass is 19.1. The zero-order valence-electron chi connectivity index (χ0n) is 9.25. The van der Waals surface area contributed by atoms with Gasteiger partial charge in [-0.05, 0) is 6.54 Å². The fraction of sp³-hybridized carbons (Fsp3) is 0.455. The lowest BCUT2D eigenvalue weighted by atomic mass is 9.98. The van der Waals surface area contributed by atoms with E-state index in [0.717, 1.165) is 0 Å². The Hall–Kier alpha value is -1.49. The molecule has 5 heteroatoms. The zero-order chi connectivity index (χ0) is 11.7. The number of hydrogen-bond donors (Lipinski definition) is 1. The predicted octanol–water partition coefficient (Wildman–Crippen LogP) is 1.63. The monoisotopic (exact) mass is 227 g/mol. The van der Waals surface area contributed by atoms with Crippen molar-refractivity contribution in [2.75, 3.05) is 20.4 Å². The van der Waals surface area contributed by atoms with E-state index in [1.807, 2.05) is 6.92 Å². The van der Waals surface area contributed by atoms with E-state index in [1.165, 1.54) is 13.2 Å². The Morgan fingerprint density at radius 1 is 1.56 bits per heavy atom. The Kier molecular flexibility index (Phi) is 2.87. The molecule has 0 fully saturated rings. The maximum Gasteiger partial charge on any atom is 0.231 e. The lowest BCUT2D eigenvalue weighted by molar-refractivity contribution is 0.173. The van der Waals surface area contributed by atoms with Crippen molar-refractivity contribution in [1.29, 1.82) is 0 Å². The average Bonchev–Trinajstić information content (AvgIpc) is 2.73. The van der Waals surface area contributed by atoms with Crippen LogP contribution in [0.5, 0.6) is 17.2 Å². The summed E-state index contributed by atoms with van der Waals surface area (Å²) in [7, 11) is 1.42. The third-order valence-corrected chi connectivity index (χ3v) is 2.66. The summed E-state index contributed by atoms with van der Waals surface area (Å²) in [5, 5.41) is 0. The molecule has 88 valence electrons. The quantitative estimate of drug-likeness (QED) is 0.852. The molecule has 1 aliphatic heterocycles. The molecule has 2 N–H and O–H groups in total. The van der Waals surface area contributed by atoms with Crippen LogP contribution in [0, 0.1) is 5.82 Å². The molecule has 0 amide bonds. The SMILES string of the molecule is COc1c(F)cc2c(c1C(C)CN)OCO2. The maximum absolute atomic E-state index is 13.7. The molecular formula is C11H14FNO3. The van der Waals surface area contributed by atoms with Gasteiger partial charge in [0.25, 0.3) is 0 Å². The molecule has 1 aliphatic rings. The molecule has 1 heterocycles. The van der Waals surface area contributed by atoms with Crippen LogP contribution < -0.4 is 19.9 Å². The van der Waals surface area contributed by atoms with Crippen LogP contribution in [0.3, 0.4) is 0 Å². The highest BCUT2D eigenvalue weighted by Gasteiger charge is 2.27. The van der Waals surface area contributed by atoms with Crippen molar-refractivity contribution < 1.29 is 18.6 Å². The summed E-state index contributed by atoms with van der Waals surface area (Å²) in [6.45, 7) is 2.38. The lowest BCUT2D eigenvalue weighted by Gasteiger charge is -2.16. The molecule has 16 heavy (non-hydrogen) atoms. The molecule has 1 unspecified atom stereocenters. The second-order valence-electron chi connectivity index (χ2n) is 3.68. The van der Waals surface area contributed by atoms with Crippen LogP contribution in [-0.4, -0.2) is 20.4 Å². The number of halogens is 1. The van der Waals surface area contributed by atoms with E-state index in [1.54, 1.807) is 0 Å². The normalized spacial score (nSPS) is 15.0. The molecule has 0 saturated heterocycles. The third-order valence-electron chi connectivity index (χ3n) is 2.66. The van der Waals surface area contributed by atoms with E-state index in [0.29, 0.717) is 23.6 Å². The smallest absolute Gasteiger partial charge is 0.231 e. The Bertz CT molecular complexity index is 405. The summed E-state index contributed by atoms with van der Waals surface area (Å²) >= 11 is 0. The van der Waals surface area contributed by atoms with Crippen LogP contribution >= 0.6 is 0 Å². The summed E-state index contributed by atoms with van der Waals surface area (Å²) in [4.78, 5) is 0. The fourth-order valence-electron chi connectivity index (χ4n) is 1.79. The van der Waals surface area contributed by atoms with Crippen LogP contribution in [0.2, 0.25) is 0 Å². The number of nitrogens with two attached hydrogens (primary N) is 1. The first kappa shape index (κ1) is 11.0. The van der Waals surface area contributed by atoms with Crippen molar-refractivity contribution in [2.24, 2.45) is 5.73 Å². The summed E-state index contributed by atoms with van der Waals surface area (Å²) < 4.78 is 29.2. The van der Waals surface area contributed by atoms with Crippen LogP contribution in [0.25, 0.3) is 0 Å². The Labute approximate surface area is 93.1 Å². The van der Waals surface area contributed by atoms with E-state index in [9.17, 15) is 4.39 Å². The molecule has 0 aromatic heterocycles. The number of methoxy groups -OCH3 is 1. The summed E-state index contributed by atoms with van der Waals surface area (Å²) in [6, 6.07) is 1.27. The first-order valence-electron chi connectivity index (χ1n) is 5.05. The molecule has 1 aromatic carbocycles. The van der Waals surface area contributed by atoms with Gasteiger partial charge in [0.15, 0.2) is 23.1 Å². The lowest BCUT2D eigenvalue weighted by Crippen LogP contribution is -2.11. The minimum atomic E-state index is -0.456. The van der Waals surface area contributed by atoms with Gasteiger partial charge in [-0.1, -0.05) is 6.92 Å².